The molecule has 1 aromatic carbocycles. The summed E-state index contributed by atoms with van der Waals surface area (Å²) < 4.78 is 1.67. The Balaban J connectivity index is 1.85. The van der Waals surface area contributed by atoms with Gasteiger partial charge in [-0.2, -0.15) is 0 Å². The minimum Gasteiger partial charge on any atom is -0.384 e. The van der Waals surface area contributed by atoms with Crippen LogP contribution in [0.2, 0.25) is 0 Å². The number of nitrogens with zero attached hydrogens (tertiary/aromatic N) is 1. The number of nitrogens with one attached hydrogen (secondary N) is 2. The Morgan fingerprint density at radius 3 is 2.81 bits per heavy atom. The lowest BCUT2D eigenvalue weighted by Crippen LogP contribution is -2.16. The van der Waals surface area contributed by atoms with Crippen LogP contribution in [-0.2, 0) is 7.05 Å². The first-order chi connectivity index (χ1) is 12.5. The standard InChI is InChI=1S/C21H25N3OS/c1-13(2)26-15-6-7-19(23-11-14-4-5-14)17(10-15)18-12-24(3)21(25)20-16(18)8-9-22-20/h6-10,12-14,22-23H,4-5,11H2,1-3H3. The van der Waals surface area contributed by atoms with Gasteiger partial charge in [-0.3, -0.25) is 4.79 Å². The zero-order valence-corrected chi connectivity index (χ0v) is 16.3. The van der Waals surface area contributed by atoms with Crippen molar-refractivity contribution in [2.45, 2.75) is 36.8 Å². The number of anilines is 1. The molecule has 26 heavy (non-hydrogen) atoms. The number of thioether (sulfide) groups is 1. The molecule has 1 saturated carbocycles. The normalized spacial score (nSPS) is 14.3. The van der Waals surface area contributed by atoms with Crippen LogP contribution >= 0.6 is 11.8 Å². The van der Waals surface area contributed by atoms with E-state index in [2.05, 4.69) is 42.3 Å². The SMILES string of the molecule is CC(C)Sc1ccc(NCC2CC2)c(-c2cn(C)c(=O)c3[nH]ccc23)c1. The fourth-order valence-electron chi connectivity index (χ4n) is 3.31. The van der Waals surface area contributed by atoms with Gasteiger partial charge in [0.25, 0.3) is 5.56 Å². The molecule has 0 saturated heterocycles. The first kappa shape index (κ1) is 17.3. The Morgan fingerprint density at radius 2 is 2.08 bits per heavy atom. The molecule has 136 valence electrons. The third-order valence-corrected chi connectivity index (χ3v) is 5.82. The number of pyridine rings is 1. The van der Waals surface area contributed by atoms with Crippen molar-refractivity contribution in [3.8, 4) is 11.1 Å². The molecule has 2 heterocycles. The van der Waals surface area contributed by atoms with E-state index in [-0.39, 0.29) is 5.56 Å². The van der Waals surface area contributed by atoms with Crippen LogP contribution in [0.5, 0.6) is 0 Å². The molecule has 2 N–H and O–H groups in total. The van der Waals surface area contributed by atoms with Crippen molar-refractivity contribution in [1.82, 2.24) is 9.55 Å². The van der Waals surface area contributed by atoms with Crippen LogP contribution in [0.1, 0.15) is 26.7 Å². The molecule has 0 unspecified atom stereocenters. The smallest absolute Gasteiger partial charge is 0.274 e. The van der Waals surface area contributed by atoms with E-state index in [4.69, 9.17) is 0 Å². The van der Waals surface area contributed by atoms with Crippen molar-refractivity contribution in [2.75, 3.05) is 11.9 Å². The van der Waals surface area contributed by atoms with Gasteiger partial charge in [-0.05, 0) is 43.0 Å². The fraction of sp³-hybridized carbons (Fsp3) is 0.381. The number of H-pyrrole nitrogens is 1. The van der Waals surface area contributed by atoms with Crippen LogP contribution in [0.3, 0.4) is 0 Å². The highest BCUT2D eigenvalue weighted by Crippen LogP contribution is 2.37. The van der Waals surface area contributed by atoms with E-state index >= 15 is 0 Å². The minimum absolute atomic E-state index is 0.00829. The maximum Gasteiger partial charge on any atom is 0.274 e. The van der Waals surface area contributed by atoms with Crippen molar-refractivity contribution in [2.24, 2.45) is 13.0 Å². The van der Waals surface area contributed by atoms with Crippen molar-refractivity contribution < 1.29 is 0 Å². The summed E-state index contributed by atoms with van der Waals surface area (Å²) >= 11 is 1.86. The van der Waals surface area contributed by atoms with Crippen molar-refractivity contribution in [3.05, 3.63) is 47.0 Å². The summed E-state index contributed by atoms with van der Waals surface area (Å²) in [6, 6.07) is 8.64. The number of aryl methyl sites for hydroxylation is 1. The van der Waals surface area contributed by atoms with Gasteiger partial charge in [0.2, 0.25) is 0 Å². The zero-order chi connectivity index (χ0) is 18.3. The molecular formula is C21H25N3OS. The Kier molecular flexibility index (Phi) is 4.57. The minimum atomic E-state index is 0.00829. The maximum atomic E-state index is 12.4. The van der Waals surface area contributed by atoms with Gasteiger partial charge in [0, 0.05) is 58.3 Å². The first-order valence-corrected chi connectivity index (χ1v) is 10.1. The molecule has 3 aromatic rings. The third kappa shape index (κ3) is 3.40. The second-order valence-corrected chi connectivity index (χ2v) is 9.07. The Labute approximate surface area is 158 Å². The molecule has 4 nitrogen and oxygen atoms in total. The van der Waals surface area contributed by atoms with E-state index < -0.39 is 0 Å². The highest BCUT2D eigenvalue weighted by Gasteiger charge is 2.21. The summed E-state index contributed by atoms with van der Waals surface area (Å²) in [6.07, 6.45) is 6.45. The number of aromatic nitrogens is 2. The average molecular weight is 368 g/mol. The van der Waals surface area contributed by atoms with E-state index in [1.54, 1.807) is 4.57 Å². The van der Waals surface area contributed by atoms with Gasteiger partial charge < -0.3 is 14.9 Å². The van der Waals surface area contributed by atoms with Gasteiger partial charge in [0.15, 0.2) is 0 Å². The lowest BCUT2D eigenvalue weighted by molar-refractivity contribution is 0.871. The lowest BCUT2D eigenvalue weighted by Gasteiger charge is -2.16. The number of rotatable bonds is 6. The molecule has 1 aliphatic carbocycles. The number of benzene rings is 1. The largest absolute Gasteiger partial charge is 0.384 e. The summed E-state index contributed by atoms with van der Waals surface area (Å²) in [7, 11) is 1.82. The van der Waals surface area contributed by atoms with E-state index in [0.717, 1.165) is 34.7 Å². The molecule has 5 heteroatoms. The predicted octanol–water partition coefficient (Wildman–Crippen LogP) is 4.86. The Morgan fingerprint density at radius 1 is 1.27 bits per heavy atom. The van der Waals surface area contributed by atoms with Crippen LogP contribution in [0, 0.1) is 5.92 Å². The predicted molar refractivity (Wildman–Crippen MR) is 111 cm³/mol. The summed E-state index contributed by atoms with van der Waals surface area (Å²) in [6.45, 7) is 5.44. The molecule has 0 bridgehead atoms. The van der Waals surface area contributed by atoms with Crippen molar-refractivity contribution in [3.63, 3.8) is 0 Å². The molecule has 1 aliphatic rings. The average Bonchev–Trinajstić information content (AvgIpc) is 3.30. The second kappa shape index (κ2) is 6.88. The Hall–Kier alpha value is -2.14. The summed E-state index contributed by atoms with van der Waals surface area (Å²) in [5, 5.41) is 5.15. The molecule has 2 aromatic heterocycles. The topological polar surface area (TPSA) is 49.8 Å². The Bertz CT molecular complexity index is 998. The summed E-state index contributed by atoms with van der Waals surface area (Å²) in [4.78, 5) is 16.8. The van der Waals surface area contributed by atoms with Gasteiger partial charge in [-0.25, -0.2) is 0 Å². The van der Waals surface area contributed by atoms with Crippen LogP contribution in [0.25, 0.3) is 22.0 Å². The number of aromatic amines is 1. The molecule has 0 atom stereocenters. The number of hydrogen-bond acceptors (Lipinski definition) is 3. The molecule has 0 radical (unpaired) electrons. The quantitative estimate of drug-likeness (QED) is 0.612. The molecule has 0 aliphatic heterocycles. The van der Waals surface area contributed by atoms with E-state index in [9.17, 15) is 4.79 Å². The lowest BCUT2D eigenvalue weighted by atomic mass is 10.0. The highest BCUT2D eigenvalue weighted by atomic mass is 32.2. The maximum absolute atomic E-state index is 12.4. The van der Waals surface area contributed by atoms with Crippen LogP contribution in [0.4, 0.5) is 5.69 Å². The molecule has 1 fully saturated rings. The summed E-state index contributed by atoms with van der Waals surface area (Å²) in [5.74, 6) is 0.806. The van der Waals surface area contributed by atoms with Gasteiger partial charge in [-0.1, -0.05) is 13.8 Å². The van der Waals surface area contributed by atoms with Crippen molar-refractivity contribution >= 4 is 28.4 Å². The van der Waals surface area contributed by atoms with Crippen LogP contribution < -0.4 is 10.9 Å². The monoisotopic (exact) mass is 367 g/mol. The number of hydrogen-bond donors (Lipinski definition) is 2. The van der Waals surface area contributed by atoms with Gasteiger partial charge in [-0.15, -0.1) is 11.8 Å². The highest BCUT2D eigenvalue weighted by molar-refractivity contribution is 7.99. The fourth-order valence-corrected chi connectivity index (χ4v) is 4.18. The van der Waals surface area contributed by atoms with Gasteiger partial charge >= 0.3 is 0 Å². The van der Waals surface area contributed by atoms with E-state index in [1.807, 2.05) is 37.3 Å². The van der Waals surface area contributed by atoms with Gasteiger partial charge in [0.05, 0.1) is 0 Å². The molecular weight excluding hydrogens is 342 g/mol. The van der Waals surface area contributed by atoms with Gasteiger partial charge in [0.1, 0.15) is 5.52 Å². The molecule has 0 spiro atoms. The summed E-state index contributed by atoms with van der Waals surface area (Å²) in [5.41, 5.74) is 4.07. The second-order valence-electron chi connectivity index (χ2n) is 7.42. The van der Waals surface area contributed by atoms with E-state index in [0.29, 0.717) is 10.8 Å². The van der Waals surface area contributed by atoms with Crippen LogP contribution in [0.15, 0.2) is 46.3 Å². The zero-order valence-electron chi connectivity index (χ0n) is 15.5. The number of fused-ring (bicyclic) bond motifs is 1. The van der Waals surface area contributed by atoms with Crippen molar-refractivity contribution in [1.29, 1.82) is 0 Å². The molecule has 0 amide bonds. The molecule has 4 rings (SSSR count). The van der Waals surface area contributed by atoms with Crippen LogP contribution in [-0.4, -0.2) is 21.3 Å². The third-order valence-electron chi connectivity index (χ3n) is 4.83. The first-order valence-electron chi connectivity index (χ1n) is 9.24. The van der Waals surface area contributed by atoms with E-state index in [1.165, 1.54) is 17.7 Å².